The Morgan fingerprint density at radius 2 is 2.00 bits per heavy atom. The van der Waals surface area contributed by atoms with Crippen LogP contribution in [0, 0.1) is 10.1 Å². The molecule has 2 N–H and O–H groups in total. The molecule has 162 valence electrons. The molecule has 2 aromatic rings. The molecule has 0 saturated carbocycles. The van der Waals surface area contributed by atoms with Gasteiger partial charge in [0.05, 0.1) is 34.4 Å². The molecular weight excluding hydrogens is 426 g/mol. The van der Waals surface area contributed by atoms with Crippen LogP contribution in [0.2, 0.25) is 0 Å². The van der Waals surface area contributed by atoms with Gasteiger partial charge in [-0.1, -0.05) is 30.3 Å². The Balaban J connectivity index is 1.88. The summed E-state index contributed by atoms with van der Waals surface area (Å²) in [7, 11) is -4.30. The van der Waals surface area contributed by atoms with E-state index >= 15 is 0 Å². The molecule has 1 aliphatic heterocycles. The lowest BCUT2D eigenvalue weighted by Crippen LogP contribution is -2.50. The average molecular weight is 445 g/mol. The first kappa shape index (κ1) is 21.1. The minimum atomic E-state index is -4.30. The van der Waals surface area contributed by atoms with Gasteiger partial charge < -0.3 is 19.8 Å². The number of morpholine rings is 1. The fourth-order valence-electron chi connectivity index (χ4n) is 3.69. The van der Waals surface area contributed by atoms with E-state index in [1.165, 1.54) is 24.3 Å². The number of sulfonamides is 1. The molecule has 2 aromatic carbocycles. The van der Waals surface area contributed by atoms with Crippen molar-refractivity contribution in [1.82, 2.24) is 4.90 Å². The topological polar surface area (TPSA) is 143 Å². The maximum absolute atomic E-state index is 12.9. The van der Waals surface area contributed by atoms with Crippen LogP contribution >= 0.6 is 0 Å². The second-order valence-corrected chi connectivity index (χ2v) is 8.59. The van der Waals surface area contributed by atoms with Crippen molar-refractivity contribution in [3.8, 4) is 0 Å². The van der Waals surface area contributed by atoms with E-state index < -0.39 is 20.7 Å². The van der Waals surface area contributed by atoms with Crippen LogP contribution in [-0.4, -0.2) is 60.5 Å². The van der Waals surface area contributed by atoms with Gasteiger partial charge in [0.2, 0.25) is 5.79 Å². The Morgan fingerprint density at radius 3 is 2.74 bits per heavy atom. The fraction of sp³-hybridized carbons (Fsp3) is 0.250. The Kier molecular flexibility index (Phi) is 5.35. The second kappa shape index (κ2) is 7.85. The first-order valence-corrected chi connectivity index (χ1v) is 10.8. The first-order chi connectivity index (χ1) is 14.8. The van der Waals surface area contributed by atoms with Crippen LogP contribution in [0.4, 0.5) is 5.69 Å². The summed E-state index contributed by atoms with van der Waals surface area (Å²) in [6.07, 6.45) is 1.41. The third kappa shape index (κ3) is 3.72. The maximum atomic E-state index is 12.9. The predicted molar refractivity (Wildman–Crippen MR) is 110 cm³/mol. The van der Waals surface area contributed by atoms with Gasteiger partial charge in [-0.15, -0.1) is 0 Å². The Labute approximate surface area is 177 Å². The van der Waals surface area contributed by atoms with E-state index in [2.05, 4.69) is 4.40 Å². The Hall–Kier alpha value is -3.12. The third-order valence-corrected chi connectivity index (χ3v) is 6.40. The number of hydrogen-bond donors (Lipinski definition) is 2. The van der Waals surface area contributed by atoms with Gasteiger partial charge in [0.25, 0.3) is 15.7 Å². The van der Waals surface area contributed by atoms with Crippen molar-refractivity contribution in [2.24, 2.45) is 4.40 Å². The molecule has 0 unspecified atom stereocenters. The number of ether oxygens (including phenoxy) is 1. The lowest BCUT2D eigenvalue weighted by molar-refractivity contribution is -0.385. The van der Waals surface area contributed by atoms with Crippen LogP contribution in [0.5, 0.6) is 0 Å². The SMILES string of the molecule is O=[N+]([O-])c1cccc(S(=O)(=O)N=C2C=C3N(CCO)CCO[C@]3(O)c3ccccc32)c1. The summed E-state index contributed by atoms with van der Waals surface area (Å²) in [6.45, 7) is 0.639. The summed E-state index contributed by atoms with van der Waals surface area (Å²) >= 11 is 0. The summed E-state index contributed by atoms with van der Waals surface area (Å²) in [5.41, 5.74) is 0.624. The van der Waals surface area contributed by atoms with Gasteiger partial charge in [-0.25, -0.2) is 0 Å². The van der Waals surface area contributed by atoms with Crippen LogP contribution in [0.3, 0.4) is 0 Å². The van der Waals surface area contributed by atoms with Crippen LogP contribution in [0.15, 0.2) is 69.6 Å². The zero-order valence-corrected chi connectivity index (χ0v) is 17.0. The molecule has 0 spiro atoms. The average Bonchev–Trinajstić information content (AvgIpc) is 2.75. The van der Waals surface area contributed by atoms with E-state index in [4.69, 9.17) is 4.74 Å². The lowest BCUT2D eigenvalue weighted by atomic mass is 9.86. The van der Waals surface area contributed by atoms with Crippen LogP contribution in [-0.2, 0) is 20.5 Å². The smallest absolute Gasteiger partial charge is 0.283 e. The zero-order valence-electron chi connectivity index (χ0n) is 16.2. The molecule has 10 nitrogen and oxygen atoms in total. The number of hydrogen-bond acceptors (Lipinski definition) is 8. The quantitative estimate of drug-likeness (QED) is 0.515. The van der Waals surface area contributed by atoms with E-state index in [1.54, 1.807) is 29.2 Å². The summed E-state index contributed by atoms with van der Waals surface area (Å²) < 4.78 is 35.5. The van der Waals surface area contributed by atoms with Crippen LogP contribution in [0.1, 0.15) is 11.1 Å². The van der Waals surface area contributed by atoms with Gasteiger partial charge in [-0.05, 0) is 12.1 Å². The highest BCUT2D eigenvalue weighted by molar-refractivity contribution is 7.90. The number of aliphatic hydroxyl groups excluding tert-OH is 1. The summed E-state index contributed by atoms with van der Waals surface area (Å²) in [5, 5.41) is 31.7. The number of nitrogens with zero attached hydrogens (tertiary/aromatic N) is 3. The van der Waals surface area contributed by atoms with Gasteiger partial charge >= 0.3 is 0 Å². The number of nitro groups is 1. The molecule has 1 saturated heterocycles. The van der Waals surface area contributed by atoms with E-state index in [0.29, 0.717) is 17.7 Å². The predicted octanol–water partition coefficient (Wildman–Crippen LogP) is 1.14. The molecule has 1 heterocycles. The van der Waals surface area contributed by atoms with E-state index in [1.807, 2.05) is 0 Å². The number of β-amino-alcohol motifs (C(OH)–C–C–N with tert-alkyl or cyclic N) is 1. The number of aliphatic hydroxyl groups is 2. The van der Waals surface area contributed by atoms with Crippen molar-refractivity contribution in [2.75, 3.05) is 26.3 Å². The molecule has 1 fully saturated rings. The maximum Gasteiger partial charge on any atom is 0.283 e. The molecule has 31 heavy (non-hydrogen) atoms. The lowest BCUT2D eigenvalue weighted by Gasteiger charge is -2.45. The number of allylic oxidation sites excluding steroid dienone is 1. The van der Waals surface area contributed by atoms with Crippen molar-refractivity contribution in [3.05, 3.63) is 81.5 Å². The number of nitro benzene ring substituents is 1. The van der Waals surface area contributed by atoms with Crippen molar-refractivity contribution >= 4 is 21.4 Å². The van der Waals surface area contributed by atoms with E-state index in [9.17, 15) is 28.7 Å². The zero-order chi connectivity index (χ0) is 22.2. The Morgan fingerprint density at radius 1 is 1.23 bits per heavy atom. The second-order valence-electron chi connectivity index (χ2n) is 6.98. The van der Waals surface area contributed by atoms with Crippen LogP contribution in [0.25, 0.3) is 0 Å². The molecule has 0 amide bonds. The fourth-order valence-corrected chi connectivity index (χ4v) is 4.73. The summed E-state index contributed by atoms with van der Waals surface area (Å²) in [6, 6.07) is 11.2. The normalized spacial score (nSPS) is 21.9. The van der Waals surface area contributed by atoms with Gasteiger partial charge in [0, 0.05) is 36.3 Å². The van der Waals surface area contributed by atoms with Crippen molar-refractivity contribution in [1.29, 1.82) is 0 Å². The van der Waals surface area contributed by atoms with E-state index in [-0.39, 0.29) is 41.8 Å². The highest BCUT2D eigenvalue weighted by Gasteiger charge is 2.46. The first-order valence-electron chi connectivity index (χ1n) is 9.40. The molecule has 11 heteroatoms. The largest absolute Gasteiger partial charge is 0.395 e. The van der Waals surface area contributed by atoms with Gasteiger partial charge in [0.1, 0.15) is 0 Å². The van der Waals surface area contributed by atoms with Crippen molar-refractivity contribution in [2.45, 2.75) is 10.7 Å². The number of non-ortho nitro benzene ring substituents is 1. The van der Waals surface area contributed by atoms with Gasteiger partial charge in [0.15, 0.2) is 0 Å². The highest BCUT2D eigenvalue weighted by Crippen LogP contribution is 2.41. The monoisotopic (exact) mass is 445 g/mol. The molecular formula is C20H19N3O7S. The van der Waals surface area contributed by atoms with Crippen LogP contribution < -0.4 is 0 Å². The third-order valence-electron chi connectivity index (χ3n) is 5.12. The van der Waals surface area contributed by atoms with Crippen molar-refractivity contribution < 1.29 is 28.3 Å². The Bertz CT molecular complexity index is 1210. The highest BCUT2D eigenvalue weighted by atomic mass is 32.2. The molecule has 0 aromatic heterocycles. The van der Waals surface area contributed by atoms with Gasteiger partial charge in [-0.2, -0.15) is 12.8 Å². The van der Waals surface area contributed by atoms with E-state index in [0.717, 1.165) is 6.07 Å². The van der Waals surface area contributed by atoms with Gasteiger partial charge in [-0.3, -0.25) is 10.1 Å². The molecule has 0 radical (unpaired) electrons. The minimum Gasteiger partial charge on any atom is -0.395 e. The summed E-state index contributed by atoms with van der Waals surface area (Å²) in [4.78, 5) is 11.7. The minimum absolute atomic E-state index is 0.0511. The molecule has 2 aliphatic rings. The molecule has 4 rings (SSSR count). The van der Waals surface area contributed by atoms with Crippen molar-refractivity contribution in [3.63, 3.8) is 0 Å². The number of benzene rings is 2. The summed E-state index contributed by atoms with van der Waals surface area (Å²) in [5.74, 6) is -1.81. The molecule has 1 atom stereocenters. The standard InChI is InChI=1S/C20H19N3O7S/c24-10-8-22-9-11-30-20(25)17-7-2-1-6-16(17)18(13-19(20)22)21-31(28,29)15-5-3-4-14(12-15)23(26)27/h1-7,12-13,24-25H,8-11H2/t20-/m1/s1. The number of rotatable bonds is 5. The molecule has 1 aliphatic carbocycles. The molecule has 0 bridgehead atoms. The number of fused-ring (bicyclic) bond motifs is 3.